The number of ether oxygens (including phenoxy) is 1. The van der Waals surface area contributed by atoms with Crippen LogP contribution in [-0.4, -0.2) is 25.6 Å². The van der Waals surface area contributed by atoms with Crippen molar-refractivity contribution in [3.8, 4) is 0 Å². The van der Waals surface area contributed by atoms with Crippen LogP contribution in [0.4, 0.5) is 0 Å². The molecule has 0 fully saturated rings. The minimum absolute atomic E-state index is 0.224. The topological polar surface area (TPSA) is 64.6 Å². The lowest BCUT2D eigenvalue weighted by atomic mass is 9.87. The van der Waals surface area contributed by atoms with E-state index in [0.717, 1.165) is 0 Å². The van der Waals surface area contributed by atoms with E-state index in [0.29, 0.717) is 0 Å². The molecule has 0 aliphatic carbocycles. The van der Waals surface area contributed by atoms with E-state index in [-0.39, 0.29) is 11.9 Å². The van der Waals surface area contributed by atoms with Crippen molar-refractivity contribution in [2.75, 3.05) is 7.11 Å². The lowest BCUT2D eigenvalue weighted by Crippen LogP contribution is -2.46. The van der Waals surface area contributed by atoms with E-state index in [2.05, 4.69) is 15.1 Å². The van der Waals surface area contributed by atoms with Gasteiger partial charge in [-0.15, -0.1) is 5.48 Å². The van der Waals surface area contributed by atoms with Crippen LogP contribution >= 0.6 is 0 Å². The molecule has 0 aromatic heterocycles. The van der Waals surface area contributed by atoms with Crippen molar-refractivity contribution in [2.45, 2.75) is 26.8 Å². The van der Waals surface area contributed by atoms with Gasteiger partial charge in [0, 0.05) is 0 Å². The second-order valence-corrected chi connectivity index (χ2v) is 3.65. The maximum atomic E-state index is 11.2. The van der Waals surface area contributed by atoms with Gasteiger partial charge in [-0.3, -0.25) is 9.59 Å². The molecule has 13 heavy (non-hydrogen) atoms. The van der Waals surface area contributed by atoms with Crippen molar-refractivity contribution in [1.82, 2.24) is 5.48 Å². The summed E-state index contributed by atoms with van der Waals surface area (Å²) < 4.78 is 4.54. The van der Waals surface area contributed by atoms with Gasteiger partial charge in [-0.2, -0.15) is 0 Å². The molecule has 76 valence electrons. The molecule has 0 aromatic rings. The number of rotatable bonds is 4. The lowest BCUT2D eigenvalue weighted by molar-refractivity contribution is -0.155. The fraction of sp³-hybridized carbons (Fsp3) is 0.750. The van der Waals surface area contributed by atoms with Crippen LogP contribution in [0.25, 0.3) is 0 Å². The van der Waals surface area contributed by atoms with E-state index in [1.165, 1.54) is 7.11 Å². The van der Waals surface area contributed by atoms with Gasteiger partial charge in [-0.25, -0.2) is 0 Å². The Labute approximate surface area is 77.3 Å². The summed E-state index contributed by atoms with van der Waals surface area (Å²) in [6.45, 7) is 5.71. The van der Waals surface area contributed by atoms with Crippen LogP contribution in [0.2, 0.25) is 0 Å². The molecule has 0 aromatic carbocycles. The van der Waals surface area contributed by atoms with Gasteiger partial charge >= 0.3 is 12.4 Å². The molecule has 0 bridgehead atoms. The number of carbonyl (C=O) groups excluding carboxylic acids is 2. The SMILES string of the molecule is COC(=O)C(NOC=O)C(C)(C)C. The predicted octanol–water partition coefficient (Wildman–Crippen LogP) is 0.252. The van der Waals surface area contributed by atoms with Crippen LogP contribution < -0.4 is 5.48 Å². The Hall–Kier alpha value is -1.10. The highest BCUT2D eigenvalue weighted by molar-refractivity contribution is 5.76. The number of hydrogen-bond donors (Lipinski definition) is 1. The number of hydroxylamine groups is 1. The van der Waals surface area contributed by atoms with E-state index in [1.54, 1.807) is 0 Å². The predicted molar refractivity (Wildman–Crippen MR) is 45.5 cm³/mol. The van der Waals surface area contributed by atoms with Gasteiger partial charge in [0.1, 0.15) is 6.04 Å². The van der Waals surface area contributed by atoms with E-state index < -0.39 is 12.0 Å². The smallest absolute Gasteiger partial charge is 0.326 e. The molecule has 0 spiro atoms. The molecule has 5 nitrogen and oxygen atoms in total. The Morgan fingerprint density at radius 3 is 2.31 bits per heavy atom. The second kappa shape index (κ2) is 4.81. The average molecular weight is 189 g/mol. The van der Waals surface area contributed by atoms with E-state index in [1.807, 2.05) is 20.8 Å². The minimum atomic E-state index is -0.664. The third-order valence-electron chi connectivity index (χ3n) is 1.54. The molecule has 0 amide bonds. The molecular formula is C8H15NO4. The highest BCUT2D eigenvalue weighted by atomic mass is 16.7. The summed E-state index contributed by atoms with van der Waals surface area (Å²) in [5.74, 6) is -0.464. The molecule has 0 heterocycles. The Kier molecular flexibility index (Phi) is 4.40. The van der Waals surface area contributed by atoms with Gasteiger partial charge in [-0.1, -0.05) is 20.8 Å². The second-order valence-electron chi connectivity index (χ2n) is 3.65. The molecule has 0 radical (unpaired) electrons. The zero-order valence-electron chi connectivity index (χ0n) is 8.29. The van der Waals surface area contributed by atoms with Crippen molar-refractivity contribution in [1.29, 1.82) is 0 Å². The van der Waals surface area contributed by atoms with Crippen LogP contribution in [0, 0.1) is 5.41 Å². The molecule has 1 N–H and O–H groups in total. The summed E-state index contributed by atoms with van der Waals surface area (Å²) in [4.78, 5) is 25.4. The quantitative estimate of drug-likeness (QED) is 0.390. The summed E-state index contributed by atoms with van der Waals surface area (Å²) in [6, 6.07) is -0.664. The summed E-state index contributed by atoms with van der Waals surface area (Å²) in [5.41, 5.74) is 1.94. The Balaban J connectivity index is 4.36. The zero-order chi connectivity index (χ0) is 10.5. The fourth-order valence-electron chi connectivity index (χ4n) is 0.792. The van der Waals surface area contributed by atoms with Gasteiger partial charge in [0.05, 0.1) is 7.11 Å². The Bertz CT molecular complexity index is 185. The van der Waals surface area contributed by atoms with Crippen LogP contribution in [0.1, 0.15) is 20.8 Å². The van der Waals surface area contributed by atoms with Gasteiger partial charge in [0.15, 0.2) is 0 Å². The fourth-order valence-corrected chi connectivity index (χ4v) is 0.792. The maximum absolute atomic E-state index is 11.2. The third kappa shape index (κ3) is 3.89. The molecule has 1 unspecified atom stereocenters. The van der Waals surface area contributed by atoms with Gasteiger partial charge in [0.25, 0.3) is 0 Å². The summed E-state index contributed by atoms with van der Waals surface area (Å²) in [7, 11) is 1.28. The normalized spacial score (nSPS) is 13.2. The molecule has 0 aliphatic heterocycles. The van der Waals surface area contributed by atoms with Crippen molar-refractivity contribution in [3.05, 3.63) is 0 Å². The third-order valence-corrected chi connectivity index (χ3v) is 1.54. The monoisotopic (exact) mass is 189 g/mol. The Morgan fingerprint density at radius 2 is 2.00 bits per heavy atom. The van der Waals surface area contributed by atoms with Crippen molar-refractivity contribution >= 4 is 12.4 Å². The molecule has 0 aliphatic rings. The van der Waals surface area contributed by atoms with Gasteiger partial charge in [-0.05, 0) is 5.41 Å². The first kappa shape index (κ1) is 11.9. The summed E-state index contributed by atoms with van der Waals surface area (Å²) >= 11 is 0. The molecule has 0 saturated heterocycles. The average Bonchev–Trinajstić information content (AvgIpc) is 2.02. The molecule has 5 heteroatoms. The van der Waals surface area contributed by atoms with Crippen LogP contribution in [-0.2, 0) is 19.2 Å². The number of esters is 1. The van der Waals surface area contributed by atoms with E-state index in [4.69, 9.17) is 0 Å². The van der Waals surface area contributed by atoms with Crippen molar-refractivity contribution in [3.63, 3.8) is 0 Å². The van der Waals surface area contributed by atoms with Crippen molar-refractivity contribution < 1.29 is 19.2 Å². The first-order valence-electron chi connectivity index (χ1n) is 3.86. The van der Waals surface area contributed by atoms with Crippen LogP contribution in [0.3, 0.4) is 0 Å². The lowest BCUT2D eigenvalue weighted by Gasteiger charge is -2.27. The highest BCUT2D eigenvalue weighted by Gasteiger charge is 2.32. The molecular weight excluding hydrogens is 174 g/mol. The van der Waals surface area contributed by atoms with E-state index >= 15 is 0 Å². The summed E-state index contributed by atoms with van der Waals surface area (Å²) in [5, 5.41) is 0. The highest BCUT2D eigenvalue weighted by Crippen LogP contribution is 2.19. The van der Waals surface area contributed by atoms with Gasteiger partial charge in [0.2, 0.25) is 0 Å². The van der Waals surface area contributed by atoms with E-state index in [9.17, 15) is 9.59 Å². The van der Waals surface area contributed by atoms with Crippen LogP contribution in [0.5, 0.6) is 0 Å². The number of nitrogens with one attached hydrogen (secondary N) is 1. The number of methoxy groups -OCH3 is 1. The van der Waals surface area contributed by atoms with Gasteiger partial charge < -0.3 is 9.57 Å². The minimum Gasteiger partial charge on any atom is -0.468 e. The zero-order valence-corrected chi connectivity index (χ0v) is 8.29. The van der Waals surface area contributed by atoms with Crippen molar-refractivity contribution in [2.24, 2.45) is 5.41 Å². The number of hydrogen-bond acceptors (Lipinski definition) is 5. The standard InChI is InChI=1S/C8H15NO4/c1-8(2,3)6(7(11)12-4)9-13-5-10/h5-6,9H,1-4H3. The largest absolute Gasteiger partial charge is 0.468 e. The maximum Gasteiger partial charge on any atom is 0.326 e. The van der Waals surface area contributed by atoms with Crippen LogP contribution in [0.15, 0.2) is 0 Å². The first-order chi connectivity index (χ1) is 5.93. The Morgan fingerprint density at radius 1 is 1.46 bits per heavy atom. The number of carbonyl (C=O) groups is 2. The molecule has 0 rings (SSSR count). The first-order valence-corrected chi connectivity index (χ1v) is 3.86. The molecule has 1 atom stereocenters. The molecule has 0 saturated carbocycles. The summed E-state index contributed by atoms with van der Waals surface area (Å²) in [6.07, 6.45) is 0.